The molecule has 0 aliphatic heterocycles. The maximum atomic E-state index is 13.8. The van der Waals surface area contributed by atoms with Gasteiger partial charge in [-0.25, -0.2) is 14.3 Å². The van der Waals surface area contributed by atoms with Gasteiger partial charge in [0.1, 0.15) is 11.6 Å². The molecule has 0 saturated heterocycles. The number of carboxylic acids is 1. The zero-order chi connectivity index (χ0) is 14.9. The molecular weight excluding hydrogens is 267 g/mol. The number of carboxylic acid groups (broad SMARTS) is 1. The minimum absolute atomic E-state index is 0.0127. The second kappa shape index (κ2) is 5.12. The van der Waals surface area contributed by atoms with Crippen LogP contribution in [0.25, 0.3) is 0 Å². The van der Waals surface area contributed by atoms with Crippen LogP contribution in [0.2, 0.25) is 0 Å². The van der Waals surface area contributed by atoms with E-state index in [-0.39, 0.29) is 17.1 Å². The number of hydrogen-bond acceptors (Lipinski definition) is 4. The van der Waals surface area contributed by atoms with Gasteiger partial charge < -0.3 is 9.84 Å². The summed E-state index contributed by atoms with van der Waals surface area (Å²) in [5.74, 6) is -2.22. The maximum absolute atomic E-state index is 13.8. The van der Waals surface area contributed by atoms with Crippen LogP contribution in [0, 0.1) is 19.7 Å². The Morgan fingerprint density at radius 2 is 2.05 bits per heavy atom. The number of aryl methyl sites for hydroxylation is 1. The standard InChI is InChI=1S/C13H11FN2O4/c1-6-5-10(12(17)16-15-6)20-9-4-3-8(13(18)19)11(14)7(9)2/h3-5H,1-2H3,(H,16,17)(H,18,19). The second-order valence-corrected chi connectivity index (χ2v) is 4.16. The zero-order valence-electron chi connectivity index (χ0n) is 10.7. The summed E-state index contributed by atoms with van der Waals surface area (Å²) in [6, 6.07) is 3.79. The third-order valence-corrected chi connectivity index (χ3v) is 2.68. The lowest BCUT2D eigenvalue weighted by atomic mass is 10.1. The fourth-order valence-electron chi connectivity index (χ4n) is 1.62. The Hall–Kier alpha value is -2.70. The lowest BCUT2D eigenvalue weighted by Gasteiger charge is -2.10. The molecule has 1 heterocycles. The average molecular weight is 278 g/mol. The third kappa shape index (κ3) is 2.51. The van der Waals surface area contributed by atoms with Crippen molar-refractivity contribution in [1.29, 1.82) is 0 Å². The predicted molar refractivity (Wildman–Crippen MR) is 67.8 cm³/mol. The van der Waals surface area contributed by atoms with E-state index in [0.717, 1.165) is 6.07 Å². The van der Waals surface area contributed by atoms with Crippen molar-refractivity contribution >= 4 is 5.97 Å². The molecule has 0 amide bonds. The number of H-pyrrole nitrogens is 1. The number of nitrogens with zero attached hydrogens (tertiary/aromatic N) is 1. The fraction of sp³-hybridized carbons (Fsp3) is 0.154. The van der Waals surface area contributed by atoms with Gasteiger partial charge in [0, 0.05) is 11.6 Å². The maximum Gasteiger partial charge on any atom is 0.338 e. The first-order valence-electron chi connectivity index (χ1n) is 5.66. The third-order valence-electron chi connectivity index (χ3n) is 2.68. The second-order valence-electron chi connectivity index (χ2n) is 4.16. The number of aromatic carboxylic acids is 1. The van der Waals surface area contributed by atoms with E-state index in [9.17, 15) is 14.0 Å². The summed E-state index contributed by atoms with van der Waals surface area (Å²) in [7, 11) is 0. The highest BCUT2D eigenvalue weighted by molar-refractivity contribution is 5.88. The van der Waals surface area contributed by atoms with Gasteiger partial charge in [-0.3, -0.25) is 4.79 Å². The summed E-state index contributed by atoms with van der Waals surface area (Å²) >= 11 is 0. The molecule has 2 rings (SSSR count). The van der Waals surface area contributed by atoms with Crippen LogP contribution in [0.4, 0.5) is 4.39 Å². The normalized spacial score (nSPS) is 10.3. The van der Waals surface area contributed by atoms with Crippen LogP contribution in [-0.4, -0.2) is 21.3 Å². The summed E-state index contributed by atoms with van der Waals surface area (Å²) in [5.41, 5.74) is -0.467. The summed E-state index contributed by atoms with van der Waals surface area (Å²) < 4.78 is 19.2. The molecule has 0 unspecified atom stereocenters. The number of rotatable bonds is 3. The number of benzene rings is 1. The number of carbonyl (C=O) groups is 1. The molecule has 0 saturated carbocycles. The Kier molecular flexibility index (Phi) is 3.51. The smallest absolute Gasteiger partial charge is 0.338 e. The van der Waals surface area contributed by atoms with E-state index >= 15 is 0 Å². The zero-order valence-corrected chi connectivity index (χ0v) is 10.7. The number of halogens is 1. The van der Waals surface area contributed by atoms with Gasteiger partial charge in [0.15, 0.2) is 5.75 Å². The van der Waals surface area contributed by atoms with Crippen LogP contribution in [0.3, 0.4) is 0 Å². The number of aromatic amines is 1. The first-order chi connectivity index (χ1) is 9.40. The van der Waals surface area contributed by atoms with Crippen LogP contribution in [0.1, 0.15) is 21.6 Å². The van der Waals surface area contributed by atoms with Crippen molar-refractivity contribution < 1.29 is 19.0 Å². The molecule has 6 nitrogen and oxygen atoms in total. The lowest BCUT2D eigenvalue weighted by molar-refractivity contribution is 0.0691. The Labute approximate surface area is 112 Å². The van der Waals surface area contributed by atoms with E-state index in [1.807, 2.05) is 0 Å². The van der Waals surface area contributed by atoms with Gasteiger partial charge in [0.25, 0.3) is 0 Å². The van der Waals surface area contributed by atoms with Crippen LogP contribution in [-0.2, 0) is 0 Å². The van der Waals surface area contributed by atoms with E-state index in [2.05, 4.69) is 10.2 Å². The van der Waals surface area contributed by atoms with Gasteiger partial charge in [-0.1, -0.05) is 0 Å². The summed E-state index contributed by atoms with van der Waals surface area (Å²) in [6.45, 7) is 3.03. The molecule has 0 fully saturated rings. The van der Waals surface area contributed by atoms with Crippen LogP contribution in [0.5, 0.6) is 11.5 Å². The summed E-state index contributed by atoms with van der Waals surface area (Å²) in [4.78, 5) is 22.3. The van der Waals surface area contributed by atoms with Gasteiger partial charge in [-0.05, 0) is 26.0 Å². The van der Waals surface area contributed by atoms with Gasteiger partial charge in [-0.2, -0.15) is 5.10 Å². The summed E-state index contributed by atoms with van der Waals surface area (Å²) in [6.07, 6.45) is 0. The molecular formula is C13H11FN2O4. The van der Waals surface area contributed by atoms with Crippen molar-refractivity contribution in [3.05, 3.63) is 51.2 Å². The molecule has 0 aliphatic carbocycles. The van der Waals surface area contributed by atoms with E-state index < -0.39 is 22.9 Å². The lowest BCUT2D eigenvalue weighted by Crippen LogP contribution is -2.12. The van der Waals surface area contributed by atoms with E-state index in [4.69, 9.17) is 9.84 Å². The molecule has 104 valence electrons. The molecule has 0 spiro atoms. The Bertz CT molecular complexity index is 740. The molecule has 0 aliphatic rings. The fourth-order valence-corrected chi connectivity index (χ4v) is 1.62. The van der Waals surface area contributed by atoms with E-state index in [1.54, 1.807) is 6.92 Å². The highest BCUT2D eigenvalue weighted by Crippen LogP contribution is 2.27. The largest absolute Gasteiger partial charge is 0.478 e. The highest BCUT2D eigenvalue weighted by atomic mass is 19.1. The van der Waals surface area contributed by atoms with Crippen LogP contribution in [0.15, 0.2) is 23.0 Å². The monoisotopic (exact) mass is 278 g/mol. The topological polar surface area (TPSA) is 92.3 Å². The molecule has 0 atom stereocenters. The molecule has 2 N–H and O–H groups in total. The number of hydrogen-bond donors (Lipinski definition) is 2. The van der Waals surface area contributed by atoms with Gasteiger partial charge in [0.2, 0.25) is 0 Å². The SMILES string of the molecule is Cc1cc(Oc2ccc(C(=O)O)c(F)c2C)c(=O)[nH]n1. The number of aromatic nitrogens is 2. The van der Waals surface area contributed by atoms with Crippen molar-refractivity contribution in [3.8, 4) is 11.5 Å². The molecule has 1 aromatic heterocycles. The molecule has 20 heavy (non-hydrogen) atoms. The first-order valence-corrected chi connectivity index (χ1v) is 5.66. The predicted octanol–water partition coefficient (Wildman–Crippen LogP) is 2.02. The van der Waals surface area contributed by atoms with Crippen molar-refractivity contribution in [3.63, 3.8) is 0 Å². The van der Waals surface area contributed by atoms with Crippen LogP contribution < -0.4 is 10.3 Å². The Morgan fingerprint density at radius 1 is 1.35 bits per heavy atom. The Morgan fingerprint density at radius 3 is 2.70 bits per heavy atom. The van der Waals surface area contributed by atoms with Crippen molar-refractivity contribution in [1.82, 2.24) is 10.2 Å². The van der Waals surface area contributed by atoms with E-state index in [1.165, 1.54) is 19.1 Å². The number of ether oxygens (including phenoxy) is 1. The van der Waals surface area contributed by atoms with Crippen molar-refractivity contribution in [2.24, 2.45) is 0 Å². The van der Waals surface area contributed by atoms with Crippen molar-refractivity contribution in [2.75, 3.05) is 0 Å². The highest BCUT2D eigenvalue weighted by Gasteiger charge is 2.17. The average Bonchev–Trinajstić information content (AvgIpc) is 2.39. The minimum atomic E-state index is -1.37. The van der Waals surface area contributed by atoms with E-state index in [0.29, 0.717) is 5.69 Å². The molecule has 2 aromatic rings. The summed E-state index contributed by atoms with van der Waals surface area (Å²) in [5, 5.41) is 14.7. The van der Waals surface area contributed by atoms with Gasteiger partial charge in [-0.15, -0.1) is 0 Å². The molecule has 0 bridgehead atoms. The van der Waals surface area contributed by atoms with Gasteiger partial charge in [0.05, 0.1) is 11.3 Å². The quantitative estimate of drug-likeness (QED) is 0.896. The minimum Gasteiger partial charge on any atom is -0.478 e. The van der Waals surface area contributed by atoms with Crippen LogP contribution >= 0.6 is 0 Å². The van der Waals surface area contributed by atoms with Gasteiger partial charge >= 0.3 is 11.5 Å². The Balaban J connectivity index is 2.45. The molecule has 0 radical (unpaired) electrons. The first kappa shape index (κ1) is 13.7. The number of nitrogens with one attached hydrogen (secondary N) is 1. The molecule has 1 aromatic carbocycles. The van der Waals surface area contributed by atoms with Crippen molar-refractivity contribution in [2.45, 2.75) is 13.8 Å². The molecule has 7 heteroatoms.